The number of carbonyl (C=O) groups is 2. The Morgan fingerprint density at radius 2 is 2.23 bits per heavy atom. The molecule has 3 rings (SSSR count). The fourth-order valence-electron chi connectivity index (χ4n) is 2.88. The quantitative estimate of drug-likeness (QED) is 0.858. The maximum Gasteiger partial charge on any atom is 0.315 e. The van der Waals surface area contributed by atoms with Gasteiger partial charge in [0.05, 0.1) is 0 Å². The van der Waals surface area contributed by atoms with Crippen molar-refractivity contribution in [1.82, 2.24) is 20.5 Å². The average molecular weight is 302 g/mol. The number of urea groups is 1. The zero-order chi connectivity index (χ0) is 15.5. The van der Waals surface area contributed by atoms with Gasteiger partial charge < -0.3 is 15.5 Å². The monoisotopic (exact) mass is 302 g/mol. The Morgan fingerprint density at radius 1 is 1.41 bits per heavy atom. The first-order valence-electron chi connectivity index (χ1n) is 7.84. The number of pyridine rings is 1. The van der Waals surface area contributed by atoms with Crippen LogP contribution in [0.4, 0.5) is 4.79 Å². The number of rotatable bonds is 5. The second-order valence-electron chi connectivity index (χ2n) is 6.22. The molecule has 1 aliphatic carbocycles. The highest BCUT2D eigenvalue weighted by Crippen LogP contribution is 2.32. The lowest BCUT2D eigenvalue weighted by molar-refractivity contribution is -0.128. The van der Waals surface area contributed by atoms with E-state index in [0.29, 0.717) is 25.6 Å². The van der Waals surface area contributed by atoms with E-state index in [4.69, 9.17) is 0 Å². The first kappa shape index (κ1) is 14.8. The molecule has 1 saturated carbocycles. The summed E-state index contributed by atoms with van der Waals surface area (Å²) in [6.45, 7) is 3.74. The molecule has 1 unspecified atom stereocenters. The first-order chi connectivity index (χ1) is 10.6. The summed E-state index contributed by atoms with van der Waals surface area (Å²) in [6.07, 6.45) is 4.57. The number of amides is 3. The third-order valence-corrected chi connectivity index (χ3v) is 4.19. The van der Waals surface area contributed by atoms with Crippen molar-refractivity contribution < 1.29 is 9.59 Å². The summed E-state index contributed by atoms with van der Waals surface area (Å²) in [7, 11) is 0. The highest BCUT2D eigenvalue weighted by atomic mass is 16.2. The average Bonchev–Trinajstić information content (AvgIpc) is 3.26. The molecule has 118 valence electrons. The van der Waals surface area contributed by atoms with Gasteiger partial charge in [0.25, 0.3) is 0 Å². The second-order valence-corrected chi connectivity index (χ2v) is 6.22. The van der Waals surface area contributed by atoms with Crippen molar-refractivity contribution in [2.45, 2.75) is 38.8 Å². The Bertz CT molecular complexity index is 571. The molecule has 6 heteroatoms. The van der Waals surface area contributed by atoms with Gasteiger partial charge in [-0.3, -0.25) is 9.78 Å². The number of aromatic nitrogens is 1. The molecule has 22 heavy (non-hydrogen) atoms. The van der Waals surface area contributed by atoms with Gasteiger partial charge >= 0.3 is 6.03 Å². The number of nitrogens with zero attached hydrogens (tertiary/aromatic N) is 2. The van der Waals surface area contributed by atoms with Crippen LogP contribution in [0.1, 0.15) is 30.5 Å². The molecule has 1 aromatic rings. The van der Waals surface area contributed by atoms with Crippen molar-refractivity contribution in [1.29, 1.82) is 0 Å². The van der Waals surface area contributed by atoms with E-state index in [9.17, 15) is 9.59 Å². The highest BCUT2D eigenvalue weighted by Gasteiger charge is 2.39. The number of nitrogens with one attached hydrogen (secondary N) is 2. The molecular formula is C16H22N4O2. The minimum atomic E-state index is -0.188. The molecule has 0 spiro atoms. The van der Waals surface area contributed by atoms with Crippen molar-refractivity contribution in [3.8, 4) is 0 Å². The third-order valence-electron chi connectivity index (χ3n) is 4.19. The highest BCUT2D eigenvalue weighted by molar-refractivity contribution is 5.79. The van der Waals surface area contributed by atoms with E-state index in [0.717, 1.165) is 30.6 Å². The van der Waals surface area contributed by atoms with Gasteiger partial charge in [-0.15, -0.1) is 0 Å². The minimum absolute atomic E-state index is 0.188. The Balaban J connectivity index is 1.38. The Hall–Kier alpha value is -2.11. The lowest BCUT2D eigenvalue weighted by atomic mass is 10.1. The molecule has 1 aromatic heterocycles. The molecular weight excluding hydrogens is 280 g/mol. The van der Waals surface area contributed by atoms with Crippen LogP contribution >= 0.6 is 0 Å². The Morgan fingerprint density at radius 3 is 2.95 bits per heavy atom. The fourth-order valence-corrected chi connectivity index (χ4v) is 2.88. The number of hydrogen-bond donors (Lipinski definition) is 2. The number of aryl methyl sites for hydroxylation is 1. The molecule has 0 bridgehead atoms. The van der Waals surface area contributed by atoms with Crippen molar-refractivity contribution in [3.05, 3.63) is 29.6 Å². The van der Waals surface area contributed by atoms with E-state index in [1.807, 2.05) is 24.0 Å². The van der Waals surface area contributed by atoms with E-state index in [2.05, 4.69) is 15.6 Å². The summed E-state index contributed by atoms with van der Waals surface area (Å²) >= 11 is 0. The molecule has 2 heterocycles. The van der Waals surface area contributed by atoms with Gasteiger partial charge in [0.15, 0.2) is 0 Å². The molecule has 1 saturated heterocycles. The van der Waals surface area contributed by atoms with Gasteiger partial charge in [-0.1, -0.05) is 0 Å². The summed E-state index contributed by atoms with van der Waals surface area (Å²) in [5.41, 5.74) is 1.96. The largest absolute Gasteiger partial charge is 0.339 e. The van der Waals surface area contributed by atoms with Crippen molar-refractivity contribution >= 4 is 11.9 Å². The number of hydrogen-bond acceptors (Lipinski definition) is 3. The molecule has 1 atom stereocenters. The lowest BCUT2D eigenvalue weighted by Gasteiger charge is -2.15. The summed E-state index contributed by atoms with van der Waals surface area (Å²) in [5, 5.41) is 5.70. The minimum Gasteiger partial charge on any atom is -0.339 e. The maximum atomic E-state index is 11.8. The predicted molar refractivity (Wildman–Crippen MR) is 82.1 cm³/mol. The zero-order valence-electron chi connectivity index (χ0n) is 12.8. The van der Waals surface area contributed by atoms with E-state index >= 15 is 0 Å². The molecule has 6 nitrogen and oxygen atoms in total. The summed E-state index contributed by atoms with van der Waals surface area (Å²) in [6, 6.07) is 4.12. The third kappa shape index (κ3) is 3.75. The fraction of sp³-hybridized carbons (Fsp3) is 0.562. The summed E-state index contributed by atoms with van der Waals surface area (Å²) in [4.78, 5) is 29.8. The SMILES string of the molecule is Cc1cc(CNC(=O)NCC2CC(=O)N(C3CC3)C2)ccn1. The van der Waals surface area contributed by atoms with Crippen LogP contribution in [0.3, 0.4) is 0 Å². The molecule has 2 N–H and O–H groups in total. The van der Waals surface area contributed by atoms with Gasteiger partial charge in [-0.2, -0.15) is 0 Å². The van der Waals surface area contributed by atoms with Gasteiger partial charge in [-0.25, -0.2) is 4.79 Å². The molecule has 0 radical (unpaired) electrons. The first-order valence-corrected chi connectivity index (χ1v) is 7.84. The topological polar surface area (TPSA) is 74.3 Å². The van der Waals surface area contributed by atoms with E-state index in [-0.39, 0.29) is 17.9 Å². The van der Waals surface area contributed by atoms with Crippen LogP contribution < -0.4 is 10.6 Å². The Kier molecular flexibility index (Phi) is 4.27. The van der Waals surface area contributed by atoms with Gasteiger partial charge in [0.2, 0.25) is 5.91 Å². The van der Waals surface area contributed by atoms with Crippen LogP contribution in [0.5, 0.6) is 0 Å². The zero-order valence-corrected chi connectivity index (χ0v) is 12.8. The van der Waals surface area contributed by atoms with Gasteiger partial charge in [0.1, 0.15) is 0 Å². The van der Waals surface area contributed by atoms with E-state index < -0.39 is 0 Å². The molecule has 1 aliphatic heterocycles. The van der Waals surface area contributed by atoms with Gasteiger partial charge in [0, 0.05) is 49.9 Å². The van der Waals surface area contributed by atoms with Crippen molar-refractivity contribution in [2.75, 3.05) is 13.1 Å². The summed E-state index contributed by atoms with van der Waals surface area (Å²) < 4.78 is 0. The standard InChI is InChI=1S/C16H22N4O2/c1-11-6-12(4-5-17-11)8-18-16(22)19-9-13-7-15(21)20(10-13)14-2-3-14/h4-6,13-14H,2-3,7-10H2,1H3,(H2,18,19,22). The molecule has 2 fully saturated rings. The number of likely N-dealkylation sites (tertiary alicyclic amines) is 1. The van der Waals surface area contributed by atoms with Crippen LogP contribution in [-0.4, -0.2) is 41.0 Å². The normalized spacial score (nSPS) is 21.0. The molecule has 2 aliphatic rings. The summed E-state index contributed by atoms with van der Waals surface area (Å²) in [5.74, 6) is 0.476. The van der Waals surface area contributed by atoms with Crippen LogP contribution in [0, 0.1) is 12.8 Å². The van der Waals surface area contributed by atoms with Crippen LogP contribution in [0.15, 0.2) is 18.3 Å². The van der Waals surface area contributed by atoms with E-state index in [1.165, 1.54) is 0 Å². The van der Waals surface area contributed by atoms with Crippen LogP contribution in [0.25, 0.3) is 0 Å². The lowest BCUT2D eigenvalue weighted by Crippen LogP contribution is -2.38. The van der Waals surface area contributed by atoms with E-state index in [1.54, 1.807) is 6.20 Å². The predicted octanol–water partition coefficient (Wildman–Crippen LogP) is 1.20. The maximum absolute atomic E-state index is 11.8. The number of carbonyl (C=O) groups excluding carboxylic acids is 2. The smallest absolute Gasteiger partial charge is 0.315 e. The van der Waals surface area contributed by atoms with Gasteiger partial charge in [-0.05, 0) is 37.5 Å². The van der Waals surface area contributed by atoms with Crippen molar-refractivity contribution in [2.24, 2.45) is 5.92 Å². The van der Waals surface area contributed by atoms with Crippen molar-refractivity contribution in [3.63, 3.8) is 0 Å². The van der Waals surface area contributed by atoms with Crippen LogP contribution in [0.2, 0.25) is 0 Å². The molecule has 0 aromatic carbocycles. The second kappa shape index (κ2) is 6.34. The Labute approximate surface area is 130 Å². The van der Waals surface area contributed by atoms with Crippen LogP contribution in [-0.2, 0) is 11.3 Å². The molecule has 3 amide bonds.